The van der Waals surface area contributed by atoms with E-state index in [9.17, 15) is 17.6 Å². The number of morpholine rings is 1. The maximum absolute atomic E-state index is 14.1. The quantitative estimate of drug-likeness (QED) is 0.779. The summed E-state index contributed by atoms with van der Waals surface area (Å²) in [5.74, 6) is -1.33. The minimum atomic E-state index is -4.00. The fourth-order valence-corrected chi connectivity index (χ4v) is 3.94. The van der Waals surface area contributed by atoms with Gasteiger partial charge in [-0.15, -0.1) is 0 Å². The lowest BCUT2D eigenvalue weighted by Gasteiger charge is -2.26. The topological polar surface area (TPSA) is 102 Å². The first kappa shape index (κ1) is 19.8. The highest BCUT2D eigenvalue weighted by atomic mass is 32.2. The number of hydrogen-bond donors (Lipinski definition) is 2. The minimum absolute atomic E-state index is 0.0306. The third-order valence-electron chi connectivity index (χ3n) is 4.35. The number of nitrogens with one attached hydrogen (secondary N) is 1. The molecule has 1 fully saturated rings. The second kappa shape index (κ2) is 8.22. The molecule has 1 aliphatic heterocycles. The first-order valence-corrected chi connectivity index (χ1v) is 9.65. The summed E-state index contributed by atoms with van der Waals surface area (Å²) >= 11 is 0. The van der Waals surface area contributed by atoms with Crippen LogP contribution >= 0.6 is 0 Å². The molecule has 1 aliphatic rings. The molecule has 1 amide bonds. The van der Waals surface area contributed by atoms with Crippen molar-refractivity contribution < 1.29 is 22.3 Å². The Balaban J connectivity index is 2.24. The molecule has 0 radical (unpaired) electrons. The SMILES string of the molecule is CCC(C)C(N)C(=O)Nc1ccc(F)c(S(=O)(=O)N2CCOCC2)c1. The Bertz CT molecular complexity index is 720. The van der Waals surface area contributed by atoms with E-state index in [0.717, 1.165) is 18.6 Å². The molecule has 3 N–H and O–H groups in total. The summed E-state index contributed by atoms with van der Waals surface area (Å²) in [5, 5.41) is 2.56. The second-order valence-electron chi connectivity index (χ2n) is 6.06. The molecule has 140 valence electrons. The molecule has 0 aromatic heterocycles. The van der Waals surface area contributed by atoms with Gasteiger partial charge in [-0.1, -0.05) is 20.3 Å². The number of nitrogens with zero attached hydrogens (tertiary/aromatic N) is 1. The number of rotatable bonds is 6. The zero-order valence-electron chi connectivity index (χ0n) is 14.4. The summed E-state index contributed by atoms with van der Waals surface area (Å²) in [5.41, 5.74) is 6.05. The van der Waals surface area contributed by atoms with Gasteiger partial charge in [-0.25, -0.2) is 12.8 Å². The number of carbonyl (C=O) groups is 1. The molecule has 1 heterocycles. The molecule has 9 heteroatoms. The van der Waals surface area contributed by atoms with Crippen molar-refractivity contribution in [3.05, 3.63) is 24.0 Å². The van der Waals surface area contributed by atoms with Crippen LogP contribution in [0.5, 0.6) is 0 Å². The van der Waals surface area contributed by atoms with E-state index in [4.69, 9.17) is 10.5 Å². The Morgan fingerprint density at radius 3 is 2.64 bits per heavy atom. The monoisotopic (exact) mass is 373 g/mol. The van der Waals surface area contributed by atoms with Crippen molar-refractivity contribution in [2.45, 2.75) is 31.2 Å². The molecule has 1 aromatic rings. The summed E-state index contributed by atoms with van der Waals surface area (Å²) in [4.78, 5) is 11.7. The van der Waals surface area contributed by atoms with Gasteiger partial charge in [0.25, 0.3) is 0 Å². The van der Waals surface area contributed by atoms with E-state index in [1.807, 2.05) is 13.8 Å². The first-order chi connectivity index (χ1) is 11.8. The first-order valence-electron chi connectivity index (χ1n) is 8.21. The number of carbonyl (C=O) groups excluding carboxylic acids is 1. The molecular weight excluding hydrogens is 349 g/mol. The van der Waals surface area contributed by atoms with Gasteiger partial charge in [0, 0.05) is 18.8 Å². The minimum Gasteiger partial charge on any atom is -0.379 e. The van der Waals surface area contributed by atoms with Gasteiger partial charge in [0.15, 0.2) is 0 Å². The van der Waals surface area contributed by atoms with Gasteiger partial charge < -0.3 is 15.8 Å². The van der Waals surface area contributed by atoms with Gasteiger partial charge >= 0.3 is 0 Å². The van der Waals surface area contributed by atoms with Crippen molar-refractivity contribution in [1.82, 2.24) is 4.31 Å². The predicted octanol–water partition coefficient (Wildman–Crippen LogP) is 1.16. The van der Waals surface area contributed by atoms with E-state index in [-0.39, 0.29) is 37.9 Å². The zero-order valence-corrected chi connectivity index (χ0v) is 15.2. The summed E-state index contributed by atoms with van der Waals surface area (Å²) in [6, 6.07) is 2.74. The fourth-order valence-electron chi connectivity index (χ4n) is 2.44. The van der Waals surface area contributed by atoms with Crippen molar-refractivity contribution in [2.24, 2.45) is 11.7 Å². The molecule has 7 nitrogen and oxygen atoms in total. The van der Waals surface area contributed by atoms with E-state index < -0.39 is 32.7 Å². The van der Waals surface area contributed by atoms with Gasteiger partial charge in [0.05, 0.1) is 19.3 Å². The number of benzene rings is 1. The van der Waals surface area contributed by atoms with Crippen molar-refractivity contribution in [3.63, 3.8) is 0 Å². The van der Waals surface area contributed by atoms with Gasteiger partial charge in [-0.05, 0) is 24.1 Å². The number of halogens is 1. The van der Waals surface area contributed by atoms with Crippen LogP contribution in [0.15, 0.2) is 23.1 Å². The Kier molecular flexibility index (Phi) is 6.50. The normalized spacial score (nSPS) is 18.6. The van der Waals surface area contributed by atoms with Crippen molar-refractivity contribution >= 4 is 21.6 Å². The van der Waals surface area contributed by atoms with Crippen LogP contribution in [0.25, 0.3) is 0 Å². The summed E-state index contributed by atoms with van der Waals surface area (Å²) in [6.07, 6.45) is 0.731. The van der Waals surface area contributed by atoms with Gasteiger partial charge in [0.1, 0.15) is 10.7 Å². The standard InChI is InChI=1S/C16H24FN3O4S/c1-3-11(2)15(18)16(21)19-12-4-5-13(17)14(10-12)25(22,23)20-6-8-24-9-7-20/h4-5,10-11,15H,3,6-9,18H2,1-2H3,(H,19,21). The van der Waals surface area contributed by atoms with Crippen LogP contribution in [0, 0.1) is 11.7 Å². The fraction of sp³-hybridized carbons (Fsp3) is 0.562. The third kappa shape index (κ3) is 4.55. The number of sulfonamides is 1. The van der Waals surface area contributed by atoms with Crippen molar-refractivity contribution in [2.75, 3.05) is 31.6 Å². The molecule has 0 bridgehead atoms. The molecule has 2 rings (SSSR count). The smallest absolute Gasteiger partial charge is 0.246 e. The molecule has 1 saturated heterocycles. The Morgan fingerprint density at radius 1 is 1.40 bits per heavy atom. The molecule has 2 atom stereocenters. The molecule has 2 unspecified atom stereocenters. The average molecular weight is 373 g/mol. The summed E-state index contributed by atoms with van der Waals surface area (Å²) in [7, 11) is -4.00. The van der Waals surface area contributed by atoms with Crippen LogP contribution in [-0.4, -0.2) is 51.0 Å². The summed E-state index contributed by atoms with van der Waals surface area (Å²) in [6.45, 7) is 4.63. The lowest BCUT2D eigenvalue weighted by molar-refractivity contribution is -0.118. The van der Waals surface area contributed by atoms with Crippen LogP contribution in [0.1, 0.15) is 20.3 Å². The van der Waals surface area contributed by atoms with Gasteiger partial charge in [-0.3, -0.25) is 4.79 Å². The van der Waals surface area contributed by atoms with E-state index in [1.165, 1.54) is 10.4 Å². The lowest BCUT2D eigenvalue weighted by Crippen LogP contribution is -2.41. The van der Waals surface area contributed by atoms with Crippen LogP contribution in [0.2, 0.25) is 0 Å². The predicted molar refractivity (Wildman–Crippen MR) is 92.0 cm³/mol. The number of nitrogens with two attached hydrogens (primary N) is 1. The van der Waals surface area contributed by atoms with E-state index in [2.05, 4.69) is 5.32 Å². The van der Waals surface area contributed by atoms with Crippen LogP contribution in [0.3, 0.4) is 0 Å². The van der Waals surface area contributed by atoms with Crippen LogP contribution in [-0.2, 0) is 19.6 Å². The molecule has 0 aliphatic carbocycles. The van der Waals surface area contributed by atoms with Crippen LogP contribution < -0.4 is 11.1 Å². The zero-order chi connectivity index (χ0) is 18.6. The van der Waals surface area contributed by atoms with E-state index in [1.54, 1.807) is 0 Å². The number of hydrogen-bond acceptors (Lipinski definition) is 5. The molecular formula is C16H24FN3O4S. The highest BCUT2D eigenvalue weighted by Gasteiger charge is 2.29. The lowest BCUT2D eigenvalue weighted by atomic mass is 9.99. The number of anilines is 1. The average Bonchev–Trinajstić information content (AvgIpc) is 2.62. The van der Waals surface area contributed by atoms with E-state index in [0.29, 0.717) is 0 Å². The molecule has 1 aromatic carbocycles. The van der Waals surface area contributed by atoms with E-state index >= 15 is 0 Å². The van der Waals surface area contributed by atoms with Gasteiger partial charge in [0.2, 0.25) is 15.9 Å². The third-order valence-corrected chi connectivity index (χ3v) is 6.26. The molecule has 25 heavy (non-hydrogen) atoms. The molecule has 0 spiro atoms. The Morgan fingerprint density at radius 2 is 2.04 bits per heavy atom. The highest BCUT2D eigenvalue weighted by molar-refractivity contribution is 7.89. The number of amides is 1. The Labute approximate surface area is 147 Å². The summed E-state index contributed by atoms with van der Waals surface area (Å²) < 4.78 is 45.7. The van der Waals surface area contributed by atoms with Crippen molar-refractivity contribution in [3.8, 4) is 0 Å². The second-order valence-corrected chi connectivity index (χ2v) is 7.97. The van der Waals surface area contributed by atoms with Gasteiger partial charge in [-0.2, -0.15) is 4.31 Å². The largest absolute Gasteiger partial charge is 0.379 e. The van der Waals surface area contributed by atoms with Crippen molar-refractivity contribution in [1.29, 1.82) is 0 Å². The highest BCUT2D eigenvalue weighted by Crippen LogP contribution is 2.24. The Hall–Kier alpha value is -1.55. The van der Waals surface area contributed by atoms with Crippen LogP contribution in [0.4, 0.5) is 10.1 Å². The molecule has 0 saturated carbocycles. The maximum atomic E-state index is 14.1. The maximum Gasteiger partial charge on any atom is 0.246 e. The number of ether oxygens (including phenoxy) is 1.